The maximum atomic E-state index is 5.56. The van der Waals surface area contributed by atoms with Gasteiger partial charge in [0.1, 0.15) is 0 Å². The minimum atomic E-state index is -0.0242. The number of ether oxygens (including phenoxy) is 1. The molecule has 2 saturated heterocycles. The van der Waals surface area contributed by atoms with Gasteiger partial charge < -0.3 is 9.57 Å². The summed E-state index contributed by atoms with van der Waals surface area (Å²) in [5, 5.41) is 3.98. The van der Waals surface area contributed by atoms with Crippen LogP contribution >= 0.6 is 0 Å². The monoisotopic (exact) mass is 182 g/mol. The lowest BCUT2D eigenvalue weighted by Gasteiger charge is -2.30. The van der Waals surface area contributed by atoms with E-state index in [1.807, 2.05) is 0 Å². The molecule has 0 aromatic rings. The lowest BCUT2D eigenvalue weighted by molar-refractivity contribution is -0.0517. The molecule has 3 unspecified atom stereocenters. The first-order chi connectivity index (χ1) is 6.32. The van der Waals surface area contributed by atoms with E-state index in [1.165, 1.54) is 19.5 Å². The van der Waals surface area contributed by atoms with Crippen molar-refractivity contribution in [3.63, 3.8) is 0 Å². The predicted octanol–water partition coefficient (Wildman–Crippen LogP) is 0.441. The van der Waals surface area contributed by atoms with Crippen LogP contribution in [0.15, 0.2) is 5.16 Å². The SMILES string of the molecule is COC1=NOC2(C1)CN1CCC2C1. The van der Waals surface area contributed by atoms with Crippen molar-refractivity contribution in [3.05, 3.63) is 0 Å². The fourth-order valence-electron chi connectivity index (χ4n) is 2.79. The molecule has 0 radical (unpaired) electrons. The van der Waals surface area contributed by atoms with E-state index in [0.717, 1.165) is 18.9 Å². The summed E-state index contributed by atoms with van der Waals surface area (Å²) in [5.74, 6) is 1.43. The Labute approximate surface area is 77.5 Å². The molecule has 3 aliphatic heterocycles. The average molecular weight is 182 g/mol. The number of rotatable bonds is 0. The van der Waals surface area contributed by atoms with Crippen LogP contribution in [0.4, 0.5) is 0 Å². The Morgan fingerprint density at radius 2 is 2.62 bits per heavy atom. The van der Waals surface area contributed by atoms with Crippen molar-refractivity contribution in [2.75, 3.05) is 26.7 Å². The largest absolute Gasteiger partial charge is 0.482 e. The van der Waals surface area contributed by atoms with Crippen molar-refractivity contribution < 1.29 is 9.57 Å². The van der Waals surface area contributed by atoms with Gasteiger partial charge in [0.25, 0.3) is 0 Å². The fraction of sp³-hybridized carbons (Fsp3) is 0.889. The fourth-order valence-corrected chi connectivity index (χ4v) is 2.79. The highest BCUT2D eigenvalue weighted by Crippen LogP contribution is 2.44. The zero-order chi connectivity index (χ0) is 8.89. The van der Waals surface area contributed by atoms with Crippen LogP contribution in [0.2, 0.25) is 0 Å². The summed E-state index contributed by atoms with van der Waals surface area (Å²) >= 11 is 0. The molecular formula is C9H14N2O2. The first-order valence-corrected chi connectivity index (χ1v) is 4.84. The Bertz CT molecular complexity index is 266. The molecule has 3 rings (SSSR count). The van der Waals surface area contributed by atoms with E-state index >= 15 is 0 Å². The van der Waals surface area contributed by atoms with Crippen molar-refractivity contribution in [3.8, 4) is 0 Å². The quantitative estimate of drug-likeness (QED) is 0.545. The zero-order valence-electron chi connectivity index (χ0n) is 7.82. The van der Waals surface area contributed by atoms with Crippen LogP contribution in [0, 0.1) is 5.92 Å². The third-order valence-corrected chi connectivity index (χ3v) is 3.52. The minimum absolute atomic E-state index is 0.0242. The topological polar surface area (TPSA) is 34.1 Å². The highest BCUT2D eigenvalue weighted by molar-refractivity contribution is 5.78. The second kappa shape index (κ2) is 2.38. The Morgan fingerprint density at radius 3 is 3.15 bits per heavy atom. The van der Waals surface area contributed by atoms with Crippen molar-refractivity contribution in [1.29, 1.82) is 0 Å². The van der Waals surface area contributed by atoms with Gasteiger partial charge in [0, 0.05) is 19.0 Å². The lowest BCUT2D eigenvalue weighted by Crippen LogP contribution is -2.42. The molecule has 0 aliphatic carbocycles. The predicted molar refractivity (Wildman–Crippen MR) is 47.4 cm³/mol. The number of methoxy groups -OCH3 is 1. The van der Waals surface area contributed by atoms with Crippen LogP contribution in [0.25, 0.3) is 0 Å². The van der Waals surface area contributed by atoms with Crippen molar-refractivity contribution in [1.82, 2.24) is 4.90 Å². The van der Waals surface area contributed by atoms with Gasteiger partial charge in [-0.25, -0.2) is 0 Å². The molecule has 13 heavy (non-hydrogen) atoms. The van der Waals surface area contributed by atoms with Gasteiger partial charge in [-0.2, -0.15) is 0 Å². The van der Waals surface area contributed by atoms with E-state index in [-0.39, 0.29) is 5.60 Å². The first kappa shape index (κ1) is 7.62. The van der Waals surface area contributed by atoms with Crippen LogP contribution in [0.5, 0.6) is 0 Å². The molecular weight excluding hydrogens is 168 g/mol. The highest BCUT2D eigenvalue weighted by Gasteiger charge is 2.55. The summed E-state index contributed by atoms with van der Waals surface area (Å²) in [6.07, 6.45) is 2.12. The molecule has 3 heterocycles. The second-order valence-corrected chi connectivity index (χ2v) is 4.24. The molecule has 2 bridgehead atoms. The second-order valence-electron chi connectivity index (χ2n) is 4.24. The summed E-state index contributed by atoms with van der Waals surface area (Å²) < 4.78 is 5.11. The average Bonchev–Trinajstić information content (AvgIpc) is 2.80. The van der Waals surface area contributed by atoms with Gasteiger partial charge in [0.2, 0.25) is 5.90 Å². The van der Waals surface area contributed by atoms with Crippen molar-refractivity contribution >= 4 is 5.90 Å². The first-order valence-electron chi connectivity index (χ1n) is 4.84. The number of fused-ring (bicyclic) bond motifs is 3. The molecule has 4 heteroatoms. The molecule has 4 nitrogen and oxygen atoms in total. The molecule has 0 N–H and O–H groups in total. The summed E-state index contributed by atoms with van der Waals surface area (Å²) in [4.78, 5) is 8.02. The van der Waals surface area contributed by atoms with Gasteiger partial charge in [0.15, 0.2) is 5.60 Å². The lowest BCUT2D eigenvalue weighted by atomic mass is 9.85. The highest BCUT2D eigenvalue weighted by atomic mass is 16.7. The Kier molecular flexibility index (Phi) is 1.39. The van der Waals surface area contributed by atoms with Gasteiger partial charge in [-0.15, -0.1) is 0 Å². The standard InChI is InChI=1S/C9H14N2O2/c1-12-8-4-9(13-10-8)6-11-3-2-7(9)5-11/h7H,2-6H2,1H3. The van der Waals surface area contributed by atoms with Crippen LogP contribution in [0.1, 0.15) is 12.8 Å². The number of piperidine rings is 1. The summed E-state index contributed by atoms with van der Waals surface area (Å²) in [6.45, 7) is 3.46. The molecule has 0 amide bonds. The van der Waals surface area contributed by atoms with Gasteiger partial charge in [0.05, 0.1) is 13.5 Å². The van der Waals surface area contributed by atoms with Gasteiger partial charge in [-0.3, -0.25) is 4.90 Å². The van der Waals surface area contributed by atoms with E-state index in [9.17, 15) is 0 Å². The smallest absolute Gasteiger partial charge is 0.229 e. The van der Waals surface area contributed by atoms with Gasteiger partial charge >= 0.3 is 0 Å². The molecule has 1 spiro atoms. The van der Waals surface area contributed by atoms with Crippen LogP contribution < -0.4 is 0 Å². The van der Waals surface area contributed by atoms with E-state index in [2.05, 4.69) is 10.1 Å². The van der Waals surface area contributed by atoms with E-state index in [1.54, 1.807) is 7.11 Å². The third-order valence-electron chi connectivity index (χ3n) is 3.52. The third kappa shape index (κ3) is 0.921. The maximum Gasteiger partial charge on any atom is 0.229 e. The van der Waals surface area contributed by atoms with E-state index < -0.39 is 0 Å². The Morgan fingerprint density at radius 1 is 1.69 bits per heavy atom. The van der Waals surface area contributed by atoms with Crippen molar-refractivity contribution in [2.45, 2.75) is 18.4 Å². The number of hydrogen-bond donors (Lipinski definition) is 0. The number of oxime groups is 1. The maximum absolute atomic E-state index is 5.56. The van der Waals surface area contributed by atoms with E-state index in [0.29, 0.717) is 5.92 Å². The van der Waals surface area contributed by atoms with Crippen LogP contribution in [-0.4, -0.2) is 43.1 Å². The normalized spacial score (nSPS) is 46.7. The van der Waals surface area contributed by atoms with Crippen LogP contribution in [0.3, 0.4) is 0 Å². The van der Waals surface area contributed by atoms with E-state index in [4.69, 9.17) is 9.57 Å². The number of nitrogens with zero attached hydrogens (tertiary/aromatic N) is 2. The number of hydrogen-bond acceptors (Lipinski definition) is 4. The summed E-state index contributed by atoms with van der Waals surface area (Å²) in [7, 11) is 1.66. The van der Waals surface area contributed by atoms with Crippen LogP contribution in [-0.2, 0) is 9.57 Å². The molecule has 2 fully saturated rings. The molecule has 0 aromatic heterocycles. The molecule has 0 saturated carbocycles. The van der Waals surface area contributed by atoms with Crippen molar-refractivity contribution in [2.24, 2.45) is 11.1 Å². The molecule has 3 atom stereocenters. The molecule has 72 valence electrons. The molecule has 0 aromatic carbocycles. The van der Waals surface area contributed by atoms with Gasteiger partial charge in [-0.1, -0.05) is 5.16 Å². The Hall–Kier alpha value is -0.770. The summed E-state index contributed by atoms with van der Waals surface area (Å²) in [6, 6.07) is 0. The molecule has 3 aliphatic rings. The summed E-state index contributed by atoms with van der Waals surface area (Å²) in [5.41, 5.74) is -0.0242. The zero-order valence-corrected chi connectivity index (χ0v) is 7.82. The Balaban J connectivity index is 1.79. The van der Waals surface area contributed by atoms with Gasteiger partial charge in [-0.05, 0) is 13.0 Å². The minimum Gasteiger partial charge on any atom is -0.482 e.